The second kappa shape index (κ2) is 10.9. The lowest BCUT2D eigenvalue weighted by Gasteiger charge is -2.15. The first kappa shape index (κ1) is 24.7. The lowest BCUT2D eigenvalue weighted by atomic mass is 10.2. The second-order valence-electron chi connectivity index (χ2n) is 8.31. The van der Waals surface area contributed by atoms with Crippen LogP contribution in [-0.4, -0.2) is 42.2 Å². The van der Waals surface area contributed by atoms with Gasteiger partial charge in [-0.05, 0) is 30.7 Å². The van der Waals surface area contributed by atoms with Crippen molar-refractivity contribution >= 4 is 28.9 Å². The molecule has 2 heterocycles. The summed E-state index contributed by atoms with van der Waals surface area (Å²) in [4.78, 5) is 29.9. The number of imidazole rings is 1. The van der Waals surface area contributed by atoms with Crippen molar-refractivity contribution in [1.82, 2.24) is 18.7 Å². The van der Waals surface area contributed by atoms with E-state index in [-0.39, 0.29) is 30.3 Å². The van der Waals surface area contributed by atoms with Gasteiger partial charge in [0.1, 0.15) is 18.5 Å². The summed E-state index contributed by atoms with van der Waals surface area (Å²) < 4.78 is 9.48. The van der Waals surface area contributed by atoms with Gasteiger partial charge in [-0.2, -0.15) is 10.1 Å². The van der Waals surface area contributed by atoms with E-state index in [1.54, 1.807) is 12.1 Å². The molecule has 1 unspecified atom stereocenters. The summed E-state index contributed by atoms with van der Waals surface area (Å²) in [7, 11) is 2.94. The smallest absolute Gasteiger partial charge is 0.332 e. The largest absolute Gasteiger partial charge is 0.491 e. The van der Waals surface area contributed by atoms with Crippen LogP contribution in [-0.2, 0) is 20.6 Å². The van der Waals surface area contributed by atoms with Crippen molar-refractivity contribution in [2.45, 2.75) is 19.6 Å². The molecule has 0 saturated heterocycles. The molecule has 0 aliphatic carbocycles. The van der Waals surface area contributed by atoms with Gasteiger partial charge in [-0.3, -0.25) is 13.9 Å². The number of anilines is 1. The maximum absolute atomic E-state index is 13.0. The Morgan fingerprint density at radius 3 is 2.44 bits per heavy atom. The number of aliphatic hydroxyl groups is 1. The number of aromatic nitrogens is 4. The molecule has 36 heavy (non-hydrogen) atoms. The van der Waals surface area contributed by atoms with Crippen LogP contribution in [0.25, 0.3) is 17.2 Å². The summed E-state index contributed by atoms with van der Waals surface area (Å²) in [6.07, 6.45) is 2.80. The molecule has 186 valence electrons. The zero-order chi connectivity index (χ0) is 25.7. The first-order valence-corrected chi connectivity index (χ1v) is 11.4. The molecule has 1 atom stereocenters. The molecule has 0 aliphatic heterocycles. The Morgan fingerprint density at radius 2 is 1.75 bits per heavy atom. The van der Waals surface area contributed by atoms with Crippen molar-refractivity contribution in [3.05, 3.63) is 93.1 Å². The standard InChI is InChI=1S/C26H28N6O4/c1-18(14-15-19-10-6-4-7-11-19)28-29-25-27-23-22(24(34)31(3)26(35)30(23)2)32(25)16-20(33)17-36-21-12-8-5-9-13-21/h4-15,20,33H,16-17H2,1-3H3,(H,27,29). The van der Waals surface area contributed by atoms with Crippen LogP contribution in [0.3, 0.4) is 0 Å². The van der Waals surface area contributed by atoms with Crippen LogP contribution in [0, 0.1) is 0 Å². The van der Waals surface area contributed by atoms with Gasteiger partial charge >= 0.3 is 5.69 Å². The van der Waals surface area contributed by atoms with Crippen LogP contribution in [0.15, 0.2) is 81.4 Å². The molecular formula is C26H28N6O4. The number of allylic oxidation sites excluding steroid dienone is 1. The van der Waals surface area contributed by atoms with Gasteiger partial charge in [-0.1, -0.05) is 54.6 Å². The van der Waals surface area contributed by atoms with Crippen molar-refractivity contribution in [2.24, 2.45) is 19.2 Å². The number of nitrogens with one attached hydrogen (secondary N) is 1. The van der Waals surface area contributed by atoms with Gasteiger partial charge in [-0.25, -0.2) is 10.2 Å². The number of hydrazone groups is 1. The van der Waals surface area contributed by atoms with E-state index in [2.05, 4.69) is 15.5 Å². The summed E-state index contributed by atoms with van der Waals surface area (Å²) in [6.45, 7) is 1.81. The molecule has 0 spiro atoms. The number of aryl methyl sites for hydroxylation is 1. The Kier molecular flexibility index (Phi) is 7.45. The molecule has 4 rings (SSSR count). The van der Waals surface area contributed by atoms with E-state index in [1.165, 1.54) is 23.2 Å². The van der Waals surface area contributed by atoms with E-state index in [9.17, 15) is 14.7 Å². The summed E-state index contributed by atoms with van der Waals surface area (Å²) in [5, 5.41) is 15.1. The molecule has 2 N–H and O–H groups in total. The Balaban J connectivity index is 1.64. The fourth-order valence-corrected chi connectivity index (χ4v) is 3.64. The molecule has 10 nitrogen and oxygen atoms in total. The lowest BCUT2D eigenvalue weighted by molar-refractivity contribution is 0.0938. The summed E-state index contributed by atoms with van der Waals surface area (Å²) in [5.74, 6) is 0.837. The first-order valence-electron chi connectivity index (χ1n) is 11.4. The molecule has 0 radical (unpaired) electrons. The highest BCUT2D eigenvalue weighted by atomic mass is 16.5. The molecule has 10 heteroatoms. The summed E-state index contributed by atoms with van der Waals surface area (Å²) >= 11 is 0. The monoisotopic (exact) mass is 488 g/mol. The van der Waals surface area contributed by atoms with Crippen LogP contribution >= 0.6 is 0 Å². The number of para-hydroxylation sites is 1. The van der Waals surface area contributed by atoms with Gasteiger partial charge in [0.2, 0.25) is 5.95 Å². The highest BCUT2D eigenvalue weighted by Crippen LogP contribution is 2.17. The molecule has 0 fully saturated rings. The number of benzene rings is 2. The van der Waals surface area contributed by atoms with Crippen LogP contribution in [0.2, 0.25) is 0 Å². The van der Waals surface area contributed by atoms with E-state index >= 15 is 0 Å². The summed E-state index contributed by atoms with van der Waals surface area (Å²) in [6, 6.07) is 18.9. The molecule has 0 aliphatic rings. The van der Waals surface area contributed by atoms with E-state index in [0.717, 1.165) is 10.1 Å². The number of hydrogen-bond acceptors (Lipinski definition) is 7. The van der Waals surface area contributed by atoms with Crippen LogP contribution in [0.4, 0.5) is 5.95 Å². The number of aliphatic hydroxyl groups excluding tert-OH is 1. The average Bonchev–Trinajstić information content (AvgIpc) is 3.26. The highest BCUT2D eigenvalue weighted by molar-refractivity contribution is 5.96. The number of nitrogens with zero attached hydrogens (tertiary/aromatic N) is 5. The molecule has 2 aromatic carbocycles. The van der Waals surface area contributed by atoms with E-state index in [1.807, 2.05) is 67.6 Å². The zero-order valence-electron chi connectivity index (χ0n) is 20.3. The Bertz CT molecular complexity index is 1520. The minimum atomic E-state index is -0.965. The van der Waals surface area contributed by atoms with Crippen molar-refractivity contribution in [3.63, 3.8) is 0 Å². The molecule has 0 saturated carbocycles. The van der Waals surface area contributed by atoms with Crippen LogP contribution in [0.5, 0.6) is 5.75 Å². The fraction of sp³-hybridized carbons (Fsp3) is 0.231. The minimum Gasteiger partial charge on any atom is -0.491 e. The highest BCUT2D eigenvalue weighted by Gasteiger charge is 2.21. The lowest BCUT2D eigenvalue weighted by Crippen LogP contribution is -2.38. The Hall–Kier alpha value is -4.44. The van der Waals surface area contributed by atoms with Crippen molar-refractivity contribution in [2.75, 3.05) is 12.0 Å². The van der Waals surface area contributed by atoms with Crippen LogP contribution < -0.4 is 21.4 Å². The molecule has 0 amide bonds. The molecule has 0 bridgehead atoms. The van der Waals surface area contributed by atoms with Gasteiger partial charge in [0.15, 0.2) is 11.2 Å². The maximum Gasteiger partial charge on any atom is 0.332 e. The van der Waals surface area contributed by atoms with Crippen LogP contribution in [0.1, 0.15) is 12.5 Å². The van der Waals surface area contributed by atoms with Gasteiger partial charge < -0.3 is 14.4 Å². The zero-order valence-corrected chi connectivity index (χ0v) is 20.3. The fourth-order valence-electron chi connectivity index (χ4n) is 3.64. The predicted molar refractivity (Wildman–Crippen MR) is 140 cm³/mol. The van der Waals surface area contributed by atoms with E-state index < -0.39 is 17.4 Å². The Morgan fingerprint density at radius 1 is 1.08 bits per heavy atom. The normalized spacial score (nSPS) is 12.8. The topological polar surface area (TPSA) is 116 Å². The van der Waals surface area contributed by atoms with E-state index in [4.69, 9.17) is 4.74 Å². The van der Waals surface area contributed by atoms with Crippen molar-refractivity contribution < 1.29 is 9.84 Å². The molecule has 4 aromatic rings. The number of hydrogen-bond donors (Lipinski definition) is 2. The van der Waals surface area contributed by atoms with Gasteiger partial charge in [0, 0.05) is 14.1 Å². The first-order chi connectivity index (χ1) is 17.3. The van der Waals surface area contributed by atoms with Crippen molar-refractivity contribution in [3.8, 4) is 5.75 Å². The minimum absolute atomic E-state index is 0.00266. The quantitative estimate of drug-likeness (QED) is 0.276. The third-order valence-corrected chi connectivity index (χ3v) is 5.58. The number of fused-ring (bicyclic) bond motifs is 1. The van der Waals surface area contributed by atoms with E-state index in [0.29, 0.717) is 11.5 Å². The Labute approximate surface area is 207 Å². The SMILES string of the molecule is CC(C=Cc1ccccc1)=NNc1nc2c(c(=O)n(C)c(=O)n2C)n1CC(O)COc1ccccc1. The van der Waals surface area contributed by atoms with Gasteiger partial charge in [0.05, 0.1) is 12.3 Å². The number of rotatable bonds is 9. The molecule has 2 aromatic heterocycles. The maximum atomic E-state index is 13.0. The third kappa shape index (κ3) is 5.44. The van der Waals surface area contributed by atoms with Gasteiger partial charge in [-0.15, -0.1) is 0 Å². The average molecular weight is 489 g/mol. The van der Waals surface area contributed by atoms with Gasteiger partial charge in [0.25, 0.3) is 5.56 Å². The van der Waals surface area contributed by atoms with Crippen molar-refractivity contribution in [1.29, 1.82) is 0 Å². The predicted octanol–water partition coefficient (Wildman–Crippen LogP) is 2.37. The molecular weight excluding hydrogens is 460 g/mol. The third-order valence-electron chi connectivity index (χ3n) is 5.58. The second-order valence-corrected chi connectivity index (χ2v) is 8.31. The summed E-state index contributed by atoms with van der Waals surface area (Å²) in [5.41, 5.74) is 3.92. The number of ether oxygens (including phenoxy) is 1.